The molecule has 9 heteroatoms. The second-order valence-electron chi connectivity index (χ2n) is 7.38. The number of rotatable bonds is 8. The molecule has 0 aliphatic heterocycles. The fraction of sp³-hybridized carbons (Fsp3) is 0.208. The molecule has 7 nitrogen and oxygen atoms in total. The summed E-state index contributed by atoms with van der Waals surface area (Å²) in [6.45, 7) is 2.85. The zero-order chi connectivity index (χ0) is 24.0. The van der Waals surface area contributed by atoms with Gasteiger partial charge in [0.25, 0.3) is 5.02 Å². The Hall–Kier alpha value is -3.67. The first-order valence-corrected chi connectivity index (χ1v) is 10.6. The van der Waals surface area contributed by atoms with Crippen molar-refractivity contribution in [2.75, 3.05) is 37.9 Å². The molecule has 3 rings (SSSR count). The number of ether oxygens (including phenoxy) is 1. The Balaban J connectivity index is 2.07. The van der Waals surface area contributed by atoms with Crippen molar-refractivity contribution in [3.05, 3.63) is 65.1 Å². The number of amides is 1. The Morgan fingerprint density at radius 3 is 2.79 bits per heavy atom. The van der Waals surface area contributed by atoms with E-state index in [0.717, 1.165) is 0 Å². The third-order valence-electron chi connectivity index (χ3n) is 4.59. The van der Waals surface area contributed by atoms with Crippen LogP contribution in [0.25, 0.3) is 10.9 Å². The number of nitrogens with one attached hydrogen (secondary N) is 2. The Bertz CT molecular complexity index is 1250. The summed E-state index contributed by atoms with van der Waals surface area (Å²) in [6, 6.07) is 9.79. The Kier molecular flexibility index (Phi) is 7.83. The second-order valence-corrected chi connectivity index (χ2v) is 7.82. The van der Waals surface area contributed by atoms with Crippen molar-refractivity contribution in [3.63, 3.8) is 0 Å². The Morgan fingerprint density at radius 2 is 2.12 bits per heavy atom. The lowest BCUT2D eigenvalue weighted by atomic mass is 10.1. The number of likely N-dealkylation sites (N-methyl/N-ethyl adjacent to an activating group) is 1. The van der Waals surface area contributed by atoms with Gasteiger partial charge in [0.05, 0.1) is 29.1 Å². The van der Waals surface area contributed by atoms with Crippen LogP contribution in [-0.2, 0) is 4.79 Å². The van der Waals surface area contributed by atoms with Crippen LogP contribution >= 0.6 is 0 Å². The lowest BCUT2D eigenvalue weighted by Gasteiger charge is -2.16. The van der Waals surface area contributed by atoms with Crippen LogP contribution in [0.15, 0.2) is 48.7 Å². The molecule has 3 aromatic rings. The number of nitriles is 1. The molecule has 1 aromatic heterocycles. The van der Waals surface area contributed by atoms with E-state index in [-0.39, 0.29) is 16.5 Å². The SMILES string of the molecule is CCOc1cc2ncc(C#N)c(Nc3ccc(F)c([ClH+])c3)c2cc1NC(=O)/C=C/CN(C)C. The quantitative estimate of drug-likeness (QED) is 0.483. The first-order chi connectivity index (χ1) is 15.8. The van der Waals surface area contributed by atoms with Crippen molar-refractivity contribution in [1.29, 1.82) is 5.26 Å². The van der Waals surface area contributed by atoms with Crippen molar-refractivity contribution in [3.8, 4) is 11.8 Å². The van der Waals surface area contributed by atoms with Crippen LogP contribution < -0.4 is 15.4 Å². The van der Waals surface area contributed by atoms with Crippen LogP contribution in [0.5, 0.6) is 5.75 Å². The molecule has 0 fully saturated rings. The van der Waals surface area contributed by atoms with Gasteiger partial charge in [0.1, 0.15) is 11.8 Å². The van der Waals surface area contributed by atoms with Gasteiger partial charge in [-0.1, -0.05) is 6.08 Å². The lowest BCUT2D eigenvalue weighted by Crippen LogP contribution is -2.13. The molecule has 1 amide bonds. The summed E-state index contributed by atoms with van der Waals surface area (Å²) in [5, 5.41) is 16.3. The maximum Gasteiger partial charge on any atom is 0.263 e. The number of pyridine rings is 1. The van der Waals surface area contributed by atoms with Crippen LogP contribution in [0.2, 0.25) is 5.02 Å². The normalized spacial score (nSPS) is 11.1. The summed E-state index contributed by atoms with van der Waals surface area (Å²) < 4.78 is 19.3. The standard InChI is InChI=1S/C24H23ClFN5O2/c1-4-33-22-12-20-17(11-21(22)30-23(32)6-5-9-31(2)3)24(15(13-27)14-28-20)29-16-7-8-19(26)18(25)10-16/h5-8,10-12,14,25H,4,9H2,1-3H3,(H-,28,29,30,32)/p+1/b6-5+. The molecule has 2 aromatic carbocycles. The molecule has 170 valence electrons. The van der Waals surface area contributed by atoms with Crippen molar-refractivity contribution >= 4 is 33.9 Å². The summed E-state index contributed by atoms with van der Waals surface area (Å²) in [4.78, 5) is 18.7. The van der Waals surface area contributed by atoms with Crippen LogP contribution in [0.4, 0.5) is 21.5 Å². The number of carbonyl (C=O) groups is 1. The fourth-order valence-electron chi connectivity index (χ4n) is 3.08. The number of carbonyl (C=O) groups excluding carboxylic acids is 1. The van der Waals surface area contributed by atoms with Crippen LogP contribution in [0, 0.1) is 28.7 Å². The van der Waals surface area contributed by atoms with E-state index in [1.165, 1.54) is 30.5 Å². The molecule has 33 heavy (non-hydrogen) atoms. The zero-order valence-electron chi connectivity index (χ0n) is 18.5. The zero-order valence-corrected chi connectivity index (χ0v) is 19.3. The van der Waals surface area contributed by atoms with Gasteiger partial charge in [0.15, 0.2) is 17.4 Å². The van der Waals surface area contributed by atoms with E-state index < -0.39 is 5.82 Å². The number of benzene rings is 2. The predicted molar refractivity (Wildman–Crippen MR) is 124 cm³/mol. The molecule has 1 heterocycles. The topological polar surface area (TPSA) is 90.3 Å². The van der Waals surface area contributed by atoms with Gasteiger partial charge in [-0.25, -0.2) is 4.39 Å². The van der Waals surface area contributed by atoms with Gasteiger partial charge < -0.3 is 20.3 Å². The Morgan fingerprint density at radius 1 is 1.33 bits per heavy atom. The number of hydrogen-bond acceptors (Lipinski definition) is 6. The molecule has 0 aliphatic carbocycles. The lowest BCUT2D eigenvalue weighted by molar-refractivity contribution is -0.293. The second kappa shape index (κ2) is 10.8. The van der Waals surface area contributed by atoms with Gasteiger partial charge in [-0.2, -0.15) is 5.26 Å². The molecule has 0 atom stereocenters. The third-order valence-corrected chi connectivity index (χ3v) is 4.90. The maximum absolute atomic E-state index is 13.6. The number of halogens is 2. The van der Waals surface area contributed by atoms with Crippen molar-refractivity contribution in [2.45, 2.75) is 6.92 Å². The van der Waals surface area contributed by atoms with Crippen LogP contribution in [0.1, 0.15) is 12.5 Å². The predicted octanol–water partition coefficient (Wildman–Crippen LogP) is 4.14. The number of anilines is 3. The highest BCUT2D eigenvalue weighted by molar-refractivity contribution is 6.04. The monoisotopic (exact) mass is 468 g/mol. The van der Waals surface area contributed by atoms with Crippen molar-refractivity contribution < 1.29 is 25.5 Å². The molecule has 0 spiro atoms. The summed E-state index contributed by atoms with van der Waals surface area (Å²) in [5.74, 6) is -0.355. The largest absolute Gasteiger partial charge is 0.492 e. The molecule has 0 aliphatic rings. The highest BCUT2D eigenvalue weighted by Crippen LogP contribution is 2.36. The average molecular weight is 469 g/mol. The minimum absolute atomic E-state index is 0.0629. The van der Waals surface area contributed by atoms with Crippen LogP contribution in [-0.4, -0.2) is 43.0 Å². The molecule has 0 saturated heterocycles. The van der Waals surface area contributed by atoms with Gasteiger partial charge in [0.2, 0.25) is 5.91 Å². The van der Waals surface area contributed by atoms with Gasteiger partial charge in [-0.05, 0) is 39.2 Å². The Labute approximate surface area is 196 Å². The number of nitrogens with zero attached hydrogens (tertiary/aromatic N) is 3. The van der Waals surface area contributed by atoms with E-state index in [1.54, 1.807) is 18.2 Å². The van der Waals surface area contributed by atoms with Gasteiger partial charge in [0, 0.05) is 42.0 Å². The molecule has 0 saturated carbocycles. The molecule has 2 N–H and O–H groups in total. The highest BCUT2D eigenvalue weighted by atomic mass is 35.5. The van der Waals surface area contributed by atoms with E-state index in [4.69, 9.17) is 16.3 Å². The third kappa shape index (κ3) is 5.98. The van der Waals surface area contributed by atoms with E-state index >= 15 is 0 Å². The summed E-state index contributed by atoms with van der Waals surface area (Å²) in [7, 11) is 3.81. The molecule has 0 unspecified atom stereocenters. The smallest absolute Gasteiger partial charge is 0.263 e. The summed E-state index contributed by atoms with van der Waals surface area (Å²) >= 11 is 5.01. The number of fused-ring (bicyclic) bond motifs is 1. The van der Waals surface area contributed by atoms with E-state index in [9.17, 15) is 14.4 Å². The van der Waals surface area contributed by atoms with E-state index in [1.807, 2.05) is 25.9 Å². The first-order valence-electron chi connectivity index (χ1n) is 10.2. The highest BCUT2D eigenvalue weighted by Gasteiger charge is 2.16. The fourth-order valence-corrected chi connectivity index (χ4v) is 3.28. The number of aromatic nitrogens is 1. The van der Waals surface area contributed by atoms with Gasteiger partial charge in [-0.15, -0.1) is 0 Å². The molecule has 0 bridgehead atoms. The summed E-state index contributed by atoms with van der Waals surface area (Å²) in [6.07, 6.45) is 4.65. The minimum Gasteiger partial charge on any atom is -0.492 e. The molecule has 0 radical (unpaired) electrons. The van der Waals surface area contributed by atoms with Crippen molar-refractivity contribution in [1.82, 2.24) is 9.88 Å². The summed E-state index contributed by atoms with van der Waals surface area (Å²) in [5.41, 5.74) is 2.26. The minimum atomic E-state index is -0.496. The molecular formula is C24H24ClFN5O2+. The molecular weight excluding hydrogens is 445 g/mol. The van der Waals surface area contributed by atoms with Gasteiger partial charge in [-0.3, -0.25) is 9.78 Å². The average Bonchev–Trinajstić information content (AvgIpc) is 2.77. The number of hydrogen-bond donors (Lipinski definition) is 2. The maximum atomic E-state index is 13.6. The van der Waals surface area contributed by atoms with E-state index in [0.29, 0.717) is 46.9 Å². The van der Waals surface area contributed by atoms with Gasteiger partial charge >= 0.3 is 0 Å². The van der Waals surface area contributed by atoms with Crippen LogP contribution in [0.3, 0.4) is 0 Å². The first kappa shape index (κ1) is 24.0. The van der Waals surface area contributed by atoms with Crippen molar-refractivity contribution in [2.24, 2.45) is 0 Å². The van der Waals surface area contributed by atoms with E-state index in [2.05, 4.69) is 21.7 Å².